The molecule has 11 heavy (non-hydrogen) atoms. The van der Waals surface area contributed by atoms with E-state index in [9.17, 15) is 0 Å². The van der Waals surface area contributed by atoms with Gasteiger partial charge in [0.25, 0.3) is 0 Å². The Labute approximate surface area is 71.2 Å². The molecule has 0 saturated carbocycles. The predicted octanol–water partition coefficient (Wildman–Crippen LogP) is 2.41. The van der Waals surface area contributed by atoms with E-state index in [1.165, 1.54) is 5.69 Å². The molecule has 0 aliphatic rings. The van der Waals surface area contributed by atoms with Gasteiger partial charge in [0.05, 0.1) is 12.3 Å². The van der Waals surface area contributed by atoms with Gasteiger partial charge in [0.1, 0.15) is 5.01 Å². The van der Waals surface area contributed by atoms with Crippen LogP contribution in [0.2, 0.25) is 0 Å². The first-order valence-corrected chi connectivity index (χ1v) is 4.55. The standard InChI is InChI=1S/C8H13NOS/c1-6(2)7-5-11-8(9-7)4-10-3/h5-6H,4H2,1-3H3. The molecule has 0 atom stereocenters. The predicted molar refractivity (Wildman–Crippen MR) is 46.9 cm³/mol. The lowest BCUT2D eigenvalue weighted by Crippen LogP contribution is -1.90. The van der Waals surface area contributed by atoms with Crippen LogP contribution in [0.15, 0.2) is 5.38 Å². The summed E-state index contributed by atoms with van der Waals surface area (Å²) in [4.78, 5) is 4.39. The molecule has 0 radical (unpaired) electrons. The van der Waals surface area contributed by atoms with Crippen molar-refractivity contribution in [2.75, 3.05) is 7.11 Å². The molecular formula is C8H13NOS. The van der Waals surface area contributed by atoms with Crippen LogP contribution in [0.25, 0.3) is 0 Å². The van der Waals surface area contributed by atoms with Crippen LogP contribution in [0.1, 0.15) is 30.5 Å². The molecule has 0 bridgehead atoms. The summed E-state index contributed by atoms with van der Waals surface area (Å²) in [5.74, 6) is 0.525. The van der Waals surface area contributed by atoms with Crippen molar-refractivity contribution in [1.82, 2.24) is 4.98 Å². The number of hydrogen-bond acceptors (Lipinski definition) is 3. The van der Waals surface area contributed by atoms with Gasteiger partial charge >= 0.3 is 0 Å². The quantitative estimate of drug-likeness (QED) is 0.696. The number of rotatable bonds is 3. The molecule has 3 heteroatoms. The van der Waals surface area contributed by atoms with Crippen molar-refractivity contribution in [2.24, 2.45) is 0 Å². The summed E-state index contributed by atoms with van der Waals surface area (Å²) in [6.07, 6.45) is 0. The van der Waals surface area contributed by atoms with E-state index in [-0.39, 0.29) is 0 Å². The number of nitrogens with zero attached hydrogens (tertiary/aromatic N) is 1. The molecule has 1 aromatic heterocycles. The Kier molecular flexibility index (Phi) is 3.02. The Balaban J connectivity index is 2.66. The van der Waals surface area contributed by atoms with Gasteiger partial charge in [-0.15, -0.1) is 11.3 Å². The molecule has 0 spiro atoms. The van der Waals surface area contributed by atoms with Crippen molar-refractivity contribution in [3.05, 3.63) is 16.1 Å². The number of ether oxygens (including phenoxy) is 1. The van der Waals surface area contributed by atoms with Crippen LogP contribution in [0.3, 0.4) is 0 Å². The summed E-state index contributed by atoms with van der Waals surface area (Å²) < 4.78 is 4.97. The van der Waals surface area contributed by atoms with Gasteiger partial charge in [0.2, 0.25) is 0 Å². The van der Waals surface area contributed by atoms with Crippen LogP contribution in [-0.4, -0.2) is 12.1 Å². The van der Waals surface area contributed by atoms with Crippen LogP contribution in [0, 0.1) is 0 Å². The largest absolute Gasteiger partial charge is 0.378 e. The van der Waals surface area contributed by atoms with E-state index < -0.39 is 0 Å². The molecule has 0 unspecified atom stereocenters. The maximum absolute atomic E-state index is 4.97. The van der Waals surface area contributed by atoms with E-state index in [0.29, 0.717) is 12.5 Å². The molecule has 0 aromatic carbocycles. The normalized spacial score (nSPS) is 10.9. The van der Waals surface area contributed by atoms with Gasteiger partial charge in [-0.25, -0.2) is 4.98 Å². The van der Waals surface area contributed by atoms with Gasteiger partial charge in [-0.05, 0) is 5.92 Å². The minimum Gasteiger partial charge on any atom is -0.378 e. The first kappa shape index (κ1) is 8.68. The lowest BCUT2D eigenvalue weighted by atomic mass is 10.2. The Morgan fingerprint density at radius 3 is 2.82 bits per heavy atom. The molecule has 0 fully saturated rings. The Hall–Kier alpha value is -0.410. The summed E-state index contributed by atoms with van der Waals surface area (Å²) in [5.41, 5.74) is 1.17. The molecular weight excluding hydrogens is 158 g/mol. The molecule has 0 saturated heterocycles. The van der Waals surface area contributed by atoms with E-state index in [1.54, 1.807) is 18.4 Å². The second-order valence-electron chi connectivity index (χ2n) is 2.75. The van der Waals surface area contributed by atoms with E-state index in [1.807, 2.05) is 0 Å². The van der Waals surface area contributed by atoms with Crippen molar-refractivity contribution < 1.29 is 4.74 Å². The average Bonchev–Trinajstić information content (AvgIpc) is 2.37. The van der Waals surface area contributed by atoms with Crippen molar-refractivity contribution in [2.45, 2.75) is 26.4 Å². The fourth-order valence-corrected chi connectivity index (χ4v) is 1.71. The van der Waals surface area contributed by atoms with Crippen LogP contribution in [0.4, 0.5) is 0 Å². The van der Waals surface area contributed by atoms with Gasteiger partial charge in [-0.2, -0.15) is 0 Å². The maximum atomic E-state index is 4.97. The second kappa shape index (κ2) is 3.83. The number of thiazole rings is 1. The van der Waals surface area contributed by atoms with E-state index in [4.69, 9.17) is 4.74 Å². The Bertz CT molecular complexity index is 220. The van der Waals surface area contributed by atoms with Crippen molar-refractivity contribution in [1.29, 1.82) is 0 Å². The van der Waals surface area contributed by atoms with E-state index in [0.717, 1.165) is 5.01 Å². The molecule has 0 aliphatic heterocycles. The second-order valence-corrected chi connectivity index (χ2v) is 3.70. The average molecular weight is 171 g/mol. The first-order valence-electron chi connectivity index (χ1n) is 3.67. The highest BCUT2D eigenvalue weighted by molar-refractivity contribution is 7.09. The highest BCUT2D eigenvalue weighted by Crippen LogP contribution is 2.17. The lowest BCUT2D eigenvalue weighted by molar-refractivity contribution is 0.184. The number of aromatic nitrogens is 1. The molecule has 0 amide bonds. The van der Waals surface area contributed by atoms with Crippen molar-refractivity contribution in [3.63, 3.8) is 0 Å². The zero-order chi connectivity index (χ0) is 8.27. The minimum absolute atomic E-state index is 0.525. The van der Waals surface area contributed by atoms with Crippen LogP contribution >= 0.6 is 11.3 Å². The van der Waals surface area contributed by atoms with E-state index in [2.05, 4.69) is 24.2 Å². The van der Waals surface area contributed by atoms with Gasteiger partial charge < -0.3 is 4.74 Å². The molecule has 0 N–H and O–H groups in total. The van der Waals surface area contributed by atoms with Crippen LogP contribution in [0.5, 0.6) is 0 Å². The van der Waals surface area contributed by atoms with E-state index >= 15 is 0 Å². The zero-order valence-corrected chi connectivity index (χ0v) is 7.94. The third kappa shape index (κ3) is 2.27. The number of methoxy groups -OCH3 is 1. The lowest BCUT2D eigenvalue weighted by Gasteiger charge is -1.96. The molecule has 0 aliphatic carbocycles. The highest BCUT2D eigenvalue weighted by Gasteiger charge is 2.04. The summed E-state index contributed by atoms with van der Waals surface area (Å²) in [6, 6.07) is 0. The monoisotopic (exact) mass is 171 g/mol. The first-order chi connectivity index (χ1) is 5.24. The topological polar surface area (TPSA) is 22.1 Å². The van der Waals surface area contributed by atoms with Crippen LogP contribution < -0.4 is 0 Å². The van der Waals surface area contributed by atoms with Crippen molar-refractivity contribution in [3.8, 4) is 0 Å². The third-order valence-electron chi connectivity index (χ3n) is 1.43. The molecule has 1 rings (SSSR count). The fourth-order valence-electron chi connectivity index (χ4n) is 0.780. The molecule has 1 heterocycles. The summed E-state index contributed by atoms with van der Waals surface area (Å²) in [5, 5.41) is 3.16. The van der Waals surface area contributed by atoms with Gasteiger partial charge in [-0.1, -0.05) is 13.8 Å². The Morgan fingerprint density at radius 2 is 2.36 bits per heavy atom. The minimum atomic E-state index is 0.525. The smallest absolute Gasteiger partial charge is 0.119 e. The molecule has 62 valence electrons. The van der Waals surface area contributed by atoms with Gasteiger partial charge in [0, 0.05) is 12.5 Å². The SMILES string of the molecule is COCc1nc(C(C)C)cs1. The summed E-state index contributed by atoms with van der Waals surface area (Å²) in [6.45, 7) is 4.93. The number of hydrogen-bond donors (Lipinski definition) is 0. The van der Waals surface area contributed by atoms with Gasteiger partial charge in [0.15, 0.2) is 0 Å². The highest BCUT2D eigenvalue weighted by atomic mass is 32.1. The summed E-state index contributed by atoms with van der Waals surface area (Å²) in [7, 11) is 1.69. The van der Waals surface area contributed by atoms with Crippen molar-refractivity contribution >= 4 is 11.3 Å². The zero-order valence-electron chi connectivity index (χ0n) is 7.13. The maximum Gasteiger partial charge on any atom is 0.119 e. The Morgan fingerprint density at radius 1 is 1.64 bits per heavy atom. The van der Waals surface area contributed by atoms with Crippen LogP contribution in [-0.2, 0) is 11.3 Å². The summed E-state index contributed by atoms with van der Waals surface area (Å²) >= 11 is 1.67. The molecule has 1 aromatic rings. The fraction of sp³-hybridized carbons (Fsp3) is 0.625. The molecule has 2 nitrogen and oxygen atoms in total. The third-order valence-corrected chi connectivity index (χ3v) is 2.27. The van der Waals surface area contributed by atoms with Gasteiger partial charge in [-0.3, -0.25) is 0 Å².